The maximum Gasteiger partial charge on any atom is 0.416 e. The molecule has 1 aliphatic rings. The van der Waals surface area contributed by atoms with Crippen LogP contribution in [-0.2, 0) is 12.7 Å². The highest BCUT2D eigenvalue weighted by atomic mass is 19.4. The lowest BCUT2D eigenvalue weighted by atomic mass is 10.0. The second-order valence-electron chi connectivity index (χ2n) is 5.05. The zero-order valence-corrected chi connectivity index (χ0v) is 10.7. The summed E-state index contributed by atoms with van der Waals surface area (Å²) in [7, 11) is 0. The van der Waals surface area contributed by atoms with Crippen LogP contribution in [0.4, 0.5) is 27.6 Å². The first-order valence-electron chi connectivity index (χ1n) is 6.23. The molecular formula is C13H15F5N2. The Balaban J connectivity index is 2.14. The fraction of sp³-hybridized carbons (Fsp3) is 0.538. The second kappa shape index (κ2) is 5.20. The predicted octanol–water partition coefficient (Wildman–Crippen LogP) is 3.52. The number of nitrogen functional groups attached to an aromatic ring is 1. The number of alkyl halides is 5. The van der Waals surface area contributed by atoms with E-state index in [1.165, 1.54) is 12.1 Å². The summed E-state index contributed by atoms with van der Waals surface area (Å²) in [5, 5.41) is 0. The molecule has 20 heavy (non-hydrogen) atoms. The van der Waals surface area contributed by atoms with Crippen LogP contribution in [0.1, 0.15) is 24.0 Å². The Labute approximate surface area is 113 Å². The van der Waals surface area contributed by atoms with Gasteiger partial charge in [-0.05, 0) is 17.7 Å². The topological polar surface area (TPSA) is 29.3 Å². The summed E-state index contributed by atoms with van der Waals surface area (Å²) in [4.78, 5) is 1.61. The number of rotatable bonds is 2. The molecule has 0 aromatic heterocycles. The summed E-state index contributed by atoms with van der Waals surface area (Å²) in [5.41, 5.74) is 4.68. The van der Waals surface area contributed by atoms with Crippen LogP contribution in [0.2, 0.25) is 0 Å². The molecule has 0 amide bonds. The van der Waals surface area contributed by atoms with Crippen LogP contribution in [0.15, 0.2) is 18.2 Å². The van der Waals surface area contributed by atoms with Gasteiger partial charge >= 0.3 is 6.18 Å². The molecule has 0 aliphatic carbocycles. The van der Waals surface area contributed by atoms with Crippen LogP contribution in [0, 0.1) is 0 Å². The molecular weight excluding hydrogens is 279 g/mol. The predicted molar refractivity (Wildman–Crippen MR) is 65.3 cm³/mol. The Morgan fingerprint density at radius 1 is 1.15 bits per heavy atom. The molecule has 0 unspecified atom stereocenters. The highest BCUT2D eigenvalue weighted by molar-refractivity contribution is 5.46. The average molecular weight is 294 g/mol. The Morgan fingerprint density at radius 2 is 1.75 bits per heavy atom. The van der Waals surface area contributed by atoms with Crippen LogP contribution >= 0.6 is 0 Å². The molecule has 1 aromatic carbocycles. The summed E-state index contributed by atoms with van der Waals surface area (Å²) < 4.78 is 64.8. The number of hydrogen-bond acceptors (Lipinski definition) is 2. The maximum atomic E-state index is 13.0. The van der Waals surface area contributed by atoms with Crippen molar-refractivity contribution in [1.29, 1.82) is 0 Å². The third-order valence-corrected chi connectivity index (χ3v) is 3.42. The number of halogens is 5. The minimum Gasteiger partial charge on any atom is -0.399 e. The maximum absolute atomic E-state index is 13.0. The summed E-state index contributed by atoms with van der Waals surface area (Å²) in [6, 6.07) is 3.59. The molecule has 0 atom stereocenters. The van der Waals surface area contributed by atoms with Crippen molar-refractivity contribution in [3.63, 3.8) is 0 Å². The fourth-order valence-corrected chi connectivity index (χ4v) is 2.28. The Kier molecular flexibility index (Phi) is 3.90. The molecule has 1 aromatic rings. The van der Waals surface area contributed by atoms with E-state index in [2.05, 4.69) is 0 Å². The molecule has 1 heterocycles. The van der Waals surface area contributed by atoms with E-state index in [0.717, 1.165) is 6.07 Å². The minimum absolute atomic E-state index is 0.00516. The summed E-state index contributed by atoms with van der Waals surface area (Å²) in [6.45, 7) is 0.189. The number of anilines is 1. The first-order valence-corrected chi connectivity index (χ1v) is 6.23. The van der Waals surface area contributed by atoms with Crippen molar-refractivity contribution in [3.8, 4) is 0 Å². The lowest BCUT2D eigenvalue weighted by Gasteiger charge is -2.32. The second-order valence-corrected chi connectivity index (χ2v) is 5.05. The monoisotopic (exact) mass is 294 g/mol. The van der Waals surface area contributed by atoms with Gasteiger partial charge in [0.1, 0.15) is 0 Å². The molecule has 112 valence electrons. The number of nitrogens with zero attached hydrogens (tertiary/aromatic N) is 1. The van der Waals surface area contributed by atoms with Crippen LogP contribution in [0.25, 0.3) is 0 Å². The number of nitrogens with two attached hydrogens (primary N) is 1. The van der Waals surface area contributed by atoms with E-state index >= 15 is 0 Å². The van der Waals surface area contributed by atoms with Crippen LogP contribution in [0.3, 0.4) is 0 Å². The zero-order valence-electron chi connectivity index (χ0n) is 10.7. The number of benzene rings is 1. The van der Waals surface area contributed by atoms with Gasteiger partial charge in [-0.1, -0.05) is 6.07 Å². The van der Waals surface area contributed by atoms with Crippen LogP contribution < -0.4 is 5.73 Å². The third-order valence-electron chi connectivity index (χ3n) is 3.42. The van der Waals surface area contributed by atoms with Crippen molar-refractivity contribution in [2.45, 2.75) is 31.5 Å². The Bertz CT molecular complexity index is 474. The van der Waals surface area contributed by atoms with Crippen LogP contribution in [0.5, 0.6) is 0 Å². The Hall–Kier alpha value is -1.37. The van der Waals surface area contributed by atoms with Crippen molar-refractivity contribution >= 4 is 5.69 Å². The SMILES string of the molecule is Nc1ccc(CN2CCC(F)(F)CC2)c(C(F)(F)F)c1. The lowest BCUT2D eigenvalue weighted by Crippen LogP contribution is -2.39. The van der Waals surface area contributed by atoms with E-state index in [1.807, 2.05) is 0 Å². The first kappa shape index (κ1) is 15.0. The normalized spacial score (nSPS) is 20.1. The van der Waals surface area contributed by atoms with E-state index in [-0.39, 0.29) is 43.7 Å². The van der Waals surface area contributed by atoms with Gasteiger partial charge in [-0.25, -0.2) is 8.78 Å². The molecule has 7 heteroatoms. The molecule has 0 spiro atoms. The van der Waals surface area contributed by atoms with E-state index in [0.29, 0.717) is 0 Å². The van der Waals surface area contributed by atoms with E-state index in [1.54, 1.807) is 4.90 Å². The van der Waals surface area contributed by atoms with Crippen LogP contribution in [-0.4, -0.2) is 23.9 Å². The standard InChI is InChI=1S/C13H15F5N2/c14-12(15)3-5-20(6-4-12)8-9-1-2-10(19)7-11(9)13(16,17)18/h1-2,7H,3-6,8,19H2. The van der Waals surface area contributed by atoms with Gasteiger partial charge in [-0.15, -0.1) is 0 Å². The average Bonchev–Trinajstić information content (AvgIpc) is 2.33. The van der Waals surface area contributed by atoms with Gasteiger partial charge in [0, 0.05) is 38.2 Å². The number of likely N-dealkylation sites (tertiary alicyclic amines) is 1. The summed E-state index contributed by atoms with van der Waals surface area (Å²) >= 11 is 0. The summed E-state index contributed by atoms with van der Waals surface area (Å²) in [5.74, 6) is -2.70. The largest absolute Gasteiger partial charge is 0.416 e. The van der Waals surface area contributed by atoms with Gasteiger partial charge in [0.15, 0.2) is 0 Å². The van der Waals surface area contributed by atoms with Crippen molar-refractivity contribution in [2.75, 3.05) is 18.8 Å². The summed E-state index contributed by atoms with van der Waals surface area (Å²) in [6.07, 6.45) is -5.13. The zero-order chi connectivity index (χ0) is 15.0. The van der Waals surface area contributed by atoms with E-state index in [9.17, 15) is 22.0 Å². The van der Waals surface area contributed by atoms with Gasteiger partial charge < -0.3 is 5.73 Å². The number of piperidine rings is 1. The highest BCUT2D eigenvalue weighted by Gasteiger charge is 2.36. The number of hydrogen-bond donors (Lipinski definition) is 1. The van der Waals surface area contributed by atoms with Gasteiger partial charge in [-0.3, -0.25) is 4.90 Å². The van der Waals surface area contributed by atoms with Crippen molar-refractivity contribution in [2.24, 2.45) is 0 Å². The molecule has 1 fully saturated rings. The first-order chi connectivity index (χ1) is 9.17. The van der Waals surface area contributed by atoms with Crippen molar-refractivity contribution in [1.82, 2.24) is 4.90 Å². The van der Waals surface area contributed by atoms with Crippen molar-refractivity contribution < 1.29 is 22.0 Å². The smallest absolute Gasteiger partial charge is 0.399 e. The molecule has 2 rings (SSSR count). The van der Waals surface area contributed by atoms with E-state index < -0.39 is 17.7 Å². The van der Waals surface area contributed by atoms with Gasteiger partial charge in [0.2, 0.25) is 0 Å². The molecule has 0 bridgehead atoms. The molecule has 1 aliphatic heterocycles. The highest BCUT2D eigenvalue weighted by Crippen LogP contribution is 2.35. The van der Waals surface area contributed by atoms with Crippen molar-refractivity contribution in [3.05, 3.63) is 29.3 Å². The minimum atomic E-state index is -4.50. The lowest BCUT2D eigenvalue weighted by molar-refractivity contribution is -0.138. The molecule has 1 saturated heterocycles. The molecule has 0 radical (unpaired) electrons. The van der Waals surface area contributed by atoms with Gasteiger partial charge in [0.05, 0.1) is 5.56 Å². The van der Waals surface area contributed by atoms with Gasteiger partial charge in [-0.2, -0.15) is 13.2 Å². The quantitative estimate of drug-likeness (QED) is 0.668. The third kappa shape index (κ3) is 3.59. The molecule has 2 N–H and O–H groups in total. The molecule has 2 nitrogen and oxygen atoms in total. The van der Waals surface area contributed by atoms with E-state index in [4.69, 9.17) is 5.73 Å². The Morgan fingerprint density at radius 3 is 2.30 bits per heavy atom. The molecule has 0 saturated carbocycles. The fourth-order valence-electron chi connectivity index (χ4n) is 2.28. The van der Waals surface area contributed by atoms with Gasteiger partial charge in [0.25, 0.3) is 5.92 Å².